The maximum Gasteiger partial charge on any atom is 0.222 e. The van der Waals surface area contributed by atoms with E-state index in [0.717, 1.165) is 36.2 Å². The van der Waals surface area contributed by atoms with Crippen LogP contribution >= 0.6 is 28.3 Å². The third-order valence-corrected chi connectivity index (χ3v) is 5.36. The summed E-state index contributed by atoms with van der Waals surface area (Å²) in [5, 5.41) is 0. The highest BCUT2D eigenvalue weighted by Crippen LogP contribution is 2.37. The van der Waals surface area contributed by atoms with Crippen LogP contribution < -0.4 is 10.5 Å². The number of hydrogen-bond acceptors (Lipinski definition) is 3. The summed E-state index contributed by atoms with van der Waals surface area (Å²) in [6.45, 7) is 2.34. The van der Waals surface area contributed by atoms with E-state index in [0.29, 0.717) is 30.9 Å². The van der Waals surface area contributed by atoms with E-state index in [1.807, 2.05) is 29.2 Å². The summed E-state index contributed by atoms with van der Waals surface area (Å²) in [6, 6.07) is 8.06. The van der Waals surface area contributed by atoms with Crippen molar-refractivity contribution in [3.63, 3.8) is 0 Å². The van der Waals surface area contributed by atoms with Crippen LogP contribution in [-0.4, -0.2) is 36.5 Å². The van der Waals surface area contributed by atoms with Crippen molar-refractivity contribution < 1.29 is 9.53 Å². The number of halogens is 2. The molecule has 1 aliphatic carbocycles. The lowest BCUT2D eigenvalue weighted by Gasteiger charge is -2.18. The molecular weight excluding hydrogens is 380 g/mol. The predicted octanol–water partition coefficient (Wildman–Crippen LogP) is 3.23. The fraction of sp³-hybridized carbons (Fsp3) is 0.588. The first kappa shape index (κ1) is 18.6. The van der Waals surface area contributed by atoms with Gasteiger partial charge in [0, 0.05) is 30.0 Å². The second-order valence-corrected chi connectivity index (χ2v) is 7.29. The Hall–Kier alpha value is -0.780. The Kier molecular flexibility index (Phi) is 6.74. The molecule has 0 radical (unpaired) electrons. The summed E-state index contributed by atoms with van der Waals surface area (Å²) in [7, 11) is 0. The predicted molar refractivity (Wildman–Crippen MR) is 96.9 cm³/mol. The molecule has 0 bridgehead atoms. The molecule has 2 N–H and O–H groups in total. The lowest BCUT2D eigenvalue weighted by atomic mass is 9.98. The molecule has 128 valence electrons. The SMILES string of the molecule is Cl.NC1CCC2CN(C(=O)CCCOc3cccc(Br)c3)CC12. The van der Waals surface area contributed by atoms with Gasteiger partial charge in [-0.05, 0) is 49.3 Å². The Morgan fingerprint density at radius 1 is 1.35 bits per heavy atom. The van der Waals surface area contributed by atoms with Crippen LogP contribution in [0.3, 0.4) is 0 Å². The van der Waals surface area contributed by atoms with Crippen LogP contribution in [-0.2, 0) is 4.79 Å². The van der Waals surface area contributed by atoms with Gasteiger partial charge in [0.05, 0.1) is 6.61 Å². The van der Waals surface area contributed by atoms with Gasteiger partial charge in [-0.25, -0.2) is 0 Å². The van der Waals surface area contributed by atoms with Crippen LogP contribution in [0.25, 0.3) is 0 Å². The highest BCUT2D eigenvalue weighted by molar-refractivity contribution is 9.10. The highest BCUT2D eigenvalue weighted by atomic mass is 79.9. The first-order valence-electron chi connectivity index (χ1n) is 8.05. The summed E-state index contributed by atoms with van der Waals surface area (Å²) in [5.74, 6) is 2.25. The molecule has 1 amide bonds. The molecule has 1 aromatic rings. The zero-order valence-corrected chi connectivity index (χ0v) is 15.5. The van der Waals surface area contributed by atoms with E-state index in [2.05, 4.69) is 15.9 Å². The monoisotopic (exact) mass is 402 g/mol. The van der Waals surface area contributed by atoms with Crippen LogP contribution in [0.5, 0.6) is 5.75 Å². The maximum atomic E-state index is 12.3. The van der Waals surface area contributed by atoms with Crippen LogP contribution in [0.2, 0.25) is 0 Å². The zero-order valence-electron chi connectivity index (χ0n) is 13.1. The van der Waals surface area contributed by atoms with Gasteiger partial charge in [0.15, 0.2) is 0 Å². The van der Waals surface area contributed by atoms with Crippen LogP contribution in [0, 0.1) is 11.8 Å². The average Bonchev–Trinajstić information content (AvgIpc) is 3.06. The van der Waals surface area contributed by atoms with Crippen molar-refractivity contribution in [1.82, 2.24) is 4.90 Å². The molecule has 1 aliphatic heterocycles. The molecule has 3 rings (SSSR count). The number of carbonyl (C=O) groups excluding carboxylic acids is 1. The van der Waals surface area contributed by atoms with Gasteiger partial charge in [0.25, 0.3) is 0 Å². The van der Waals surface area contributed by atoms with Gasteiger partial charge in [-0.1, -0.05) is 22.0 Å². The molecule has 3 unspecified atom stereocenters. The summed E-state index contributed by atoms with van der Waals surface area (Å²) in [5.41, 5.74) is 6.12. The zero-order chi connectivity index (χ0) is 15.5. The highest BCUT2D eigenvalue weighted by Gasteiger charge is 2.42. The number of carbonyl (C=O) groups is 1. The Morgan fingerprint density at radius 2 is 2.17 bits per heavy atom. The van der Waals surface area contributed by atoms with Gasteiger partial charge in [0.1, 0.15) is 5.75 Å². The van der Waals surface area contributed by atoms with Crippen molar-refractivity contribution in [3.05, 3.63) is 28.7 Å². The average molecular weight is 404 g/mol. The van der Waals surface area contributed by atoms with Gasteiger partial charge in [-0.15, -0.1) is 12.4 Å². The number of fused-ring (bicyclic) bond motifs is 1. The molecule has 2 fully saturated rings. The Morgan fingerprint density at radius 3 is 2.91 bits per heavy atom. The van der Waals surface area contributed by atoms with Crippen molar-refractivity contribution in [3.8, 4) is 5.75 Å². The van der Waals surface area contributed by atoms with E-state index in [1.54, 1.807) is 0 Å². The lowest BCUT2D eigenvalue weighted by molar-refractivity contribution is -0.130. The van der Waals surface area contributed by atoms with Crippen molar-refractivity contribution in [2.75, 3.05) is 19.7 Å². The van der Waals surface area contributed by atoms with Crippen LogP contribution in [0.15, 0.2) is 28.7 Å². The number of hydrogen-bond donors (Lipinski definition) is 1. The Bertz CT molecular complexity index is 543. The summed E-state index contributed by atoms with van der Waals surface area (Å²) in [4.78, 5) is 14.3. The topological polar surface area (TPSA) is 55.6 Å². The number of ether oxygens (including phenoxy) is 1. The number of rotatable bonds is 5. The number of amides is 1. The first-order valence-corrected chi connectivity index (χ1v) is 8.84. The third-order valence-electron chi connectivity index (χ3n) is 4.86. The second kappa shape index (κ2) is 8.36. The fourth-order valence-electron chi connectivity index (χ4n) is 3.64. The first-order chi connectivity index (χ1) is 10.6. The van der Waals surface area contributed by atoms with E-state index in [4.69, 9.17) is 10.5 Å². The molecule has 6 heteroatoms. The Balaban J connectivity index is 0.00000192. The fourth-order valence-corrected chi connectivity index (χ4v) is 4.02. The van der Waals surface area contributed by atoms with E-state index in [1.165, 1.54) is 6.42 Å². The van der Waals surface area contributed by atoms with E-state index < -0.39 is 0 Å². The Labute approximate surface area is 152 Å². The van der Waals surface area contributed by atoms with Crippen molar-refractivity contribution in [2.24, 2.45) is 17.6 Å². The van der Waals surface area contributed by atoms with Crippen LogP contribution in [0.1, 0.15) is 25.7 Å². The second-order valence-electron chi connectivity index (χ2n) is 6.37. The number of nitrogens with two attached hydrogens (primary N) is 1. The maximum absolute atomic E-state index is 12.3. The molecule has 23 heavy (non-hydrogen) atoms. The molecule has 1 aromatic carbocycles. The number of benzene rings is 1. The smallest absolute Gasteiger partial charge is 0.222 e. The minimum Gasteiger partial charge on any atom is -0.494 e. The molecule has 0 spiro atoms. The quantitative estimate of drug-likeness (QED) is 0.768. The summed E-state index contributed by atoms with van der Waals surface area (Å²) in [6.07, 6.45) is 3.62. The van der Waals surface area contributed by atoms with Gasteiger partial charge in [0.2, 0.25) is 5.91 Å². The largest absolute Gasteiger partial charge is 0.494 e. The van der Waals surface area contributed by atoms with E-state index in [-0.39, 0.29) is 18.3 Å². The minimum absolute atomic E-state index is 0. The molecule has 1 saturated carbocycles. The molecule has 4 nitrogen and oxygen atoms in total. The van der Waals surface area contributed by atoms with Crippen molar-refractivity contribution in [1.29, 1.82) is 0 Å². The van der Waals surface area contributed by atoms with Gasteiger partial charge in [-0.2, -0.15) is 0 Å². The van der Waals surface area contributed by atoms with Gasteiger partial charge < -0.3 is 15.4 Å². The van der Waals surface area contributed by atoms with E-state index in [9.17, 15) is 4.79 Å². The van der Waals surface area contributed by atoms with Crippen LogP contribution in [0.4, 0.5) is 0 Å². The summed E-state index contributed by atoms with van der Waals surface area (Å²) < 4.78 is 6.67. The molecular formula is C17H24BrClN2O2. The lowest BCUT2D eigenvalue weighted by Crippen LogP contribution is -2.33. The van der Waals surface area contributed by atoms with Crippen molar-refractivity contribution in [2.45, 2.75) is 31.7 Å². The van der Waals surface area contributed by atoms with Crippen molar-refractivity contribution >= 4 is 34.2 Å². The molecule has 1 saturated heterocycles. The van der Waals surface area contributed by atoms with Gasteiger partial charge in [-0.3, -0.25) is 4.79 Å². The van der Waals surface area contributed by atoms with E-state index >= 15 is 0 Å². The number of likely N-dealkylation sites (tertiary alicyclic amines) is 1. The summed E-state index contributed by atoms with van der Waals surface area (Å²) >= 11 is 3.42. The standard InChI is InChI=1S/C17H23BrN2O2.ClH/c18-13-3-1-4-14(9-13)22-8-2-5-17(21)20-10-12-6-7-16(19)15(12)11-20;/h1,3-4,9,12,15-16H,2,5-8,10-11,19H2;1H. The molecule has 3 atom stereocenters. The third kappa shape index (κ3) is 4.61. The molecule has 1 heterocycles. The minimum atomic E-state index is 0. The molecule has 0 aromatic heterocycles. The molecule has 2 aliphatic rings. The normalized spacial score (nSPS) is 25.8. The number of nitrogens with zero attached hydrogens (tertiary/aromatic N) is 1. The van der Waals surface area contributed by atoms with Gasteiger partial charge >= 0.3 is 0 Å².